The normalized spacial score (nSPS) is 17.7. The number of ether oxygens (including phenoxy) is 1. The largest absolute Gasteiger partial charge is 0.478 e. The highest BCUT2D eigenvalue weighted by Gasteiger charge is 2.20. The molecule has 0 atom stereocenters. The Balaban J connectivity index is 2.22. The molecular weight excluding hydrogens is 220 g/mol. The van der Waals surface area contributed by atoms with E-state index in [2.05, 4.69) is 5.10 Å². The Bertz CT molecular complexity index is 431. The van der Waals surface area contributed by atoms with Crippen LogP contribution in [0.25, 0.3) is 6.08 Å². The Morgan fingerprint density at radius 2 is 2.29 bits per heavy atom. The van der Waals surface area contributed by atoms with Crippen molar-refractivity contribution in [1.82, 2.24) is 9.78 Å². The van der Waals surface area contributed by atoms with Crippen LogP contribution >= 0.6 is 0 Å². The SMILES string of the molecule is Cn1cc(/C=C/C(=O)O)c(C2CCOCC2)n1. The summed E-state index contributed by atoms with van der Waals surface area (Å²) in [5.74, 6) is -0.565. The molecule has 0 amide bonds. The van der Waals surface area contributed by atoms with E-state index in [1.54, 1.807) is 10.8 Å². The summed E-state index contributed by atoms with van der Waals surface area (Å²) in [6, 6.07) is 0. The van der Waals surface area contributed by atoms with E-state index in [0.29, 0.717) is 5.92 Å². The highest BCUT2D eigenvalue weighted by Crippen LogP contribution is 2.28. The molecule has 1 fully saturated rings. The standard InChI is InChI=1S/C12H16N2O3/c1-14-8-10(2-3-11(15)16)12(13-14)9-4-6-17-7-5-9/h2-3,8-9H,4-7H2,1H3,(H,15,16)/b3-2+. The predicted molar refractivity (Wildman–Crippen MR) is 62.7 cm³/mol. The second kappa shape index (κ2) is 5.14. The van der Waals surface area contributed by atoms with E-state index < -0.39 is 5.97 Å². The lowest BCUT2D eigenvalue weighted by Crippen LogP contribution is -2.15. The quantitative estimate of drug-likeness (QED) is 0.806. The average molecular weight is 236 g/mol. The number of aromatic nitrogens is 2. The summed E-state index contributed by atoms with van der Waals surface area (Å²) in [6.07, 6.45) is 6.51. The molecule has 92 valence electrons. The van der Waals surface area contributed by atoms with Crippen molar-refractivity contribution in [2.24, 2.45) is 7.05 Å². The molecule has 0 unspecified atom stereocenters. The molecule has 2 heterocycles. The zero-order valence-electron chi connectivity index (χ0n) is 9.80. The van der Waals surface area contributed by atoms with Gasteiger partial charge in [-0.25, -0.2) is 4.79 Å². The van der Waals surface area contributed by atoms with Crippen LogP contribution in [0.4, 0.5) is 0 Å². The second-order valence-corrected chi connectivity index (χ2v) is 4.20. The van der Waals surface area contributed by atoms with Gasteiger partial charge in [0.15, 0.2) is 0 Å². The first kappa shape index (κ1) is 11.9. The first-order valence-corrected chi connectivity index (χ1v) is 5.69. The molecule has 1 N–H and O–H groups in total. The van der Waals surface area contributed by atoms with Gasteiger partial charge in [0.2, 0.25) is 0 Å². The fourth-order valence-electron chi connectivity index (χ4n) is 2.10. The van der Waals surface area contributed by atoms with Crippen molar-refractivity contribution < 1.29 is 14.6 Å². The number of carbonyl (C=O) groups is 1. The van der Waals surface area contributed by atoms with Gasteiger partial charge in [-0.2, -0.15) is 5.10 Å². The number of aryl methyl sites for hydroxylation is 1. The molecule has 1 aliphatic heterocycles. The summed E-state index contributed by atoms with van der Waals surface area (Å²) in [6.45, 7) is 1.51. The predicted octanol–water partition coefficient (Wildman–Crippen LogP) is 1.41. The molecule has 1 saturated heterocycles. The third-order valence-electron chi connectivity index (χ3n) is 2.90. The van der Waals surface area contributed by atoms with Crippen molar-refractivity contribution >= 4 is 12.0 Å². The molecule has 17 heavy (non-hydrogen) atoms. The summed E-state index contributed by atoms with van der Waals surface area (Å²) >= 11 is 0. The fourth-order valence-corrected chi connectivity index (χ4v) is 2.10. The van der Waals surface area contributed by atoms with Crippen molar-refractivity contribution in [3.63, 3.8) is 0 Å². The molecule has 0 aromatic carbocycles. The molecule has 0 spiro atoms. The Hall–Kier alpha value is -1.62. The van der Waals surface area contributed by atoms with Gasteiger partial charge < -0.3 is 9.84 Å². The zero-order valence-corrected chi connectivity index (χ0v) is 9.80. The van der Waals surface area contributed by atoms with E-state index in [4.69, 9.17) is 9.84 Å². The minimum Gasteiger partial charge on any atom is -0.478 e. The van der Waals surface area contributed by atoms with Gasteiger partial charge in [0, 0.05) is 44.0 Å². The maximum Gasteiger partial charge on any atom is 0.328 e. The summed E-state index contributed by atoms with van der Waals surface area (Å²) in [4.78, 5) is 10.5. The number of nitrogens with zero attached hydrogens (tertiary/aromatic N) is 2. The smallest absolute Gasteiger partial charge is 0.328 e. The number of rotatable bonds is 3. The van der Waals surface area contributed by atoms with Gasteiger partial charge in [-0.15, -0.1) is 0 Å². The molecule has 2 rings (SSSR count). The molecule has 0 saturated carbocycles. The highest BCUT2D eigenvalue weighted by atomic mass is 16.5. The van der Waals surface area contributed by atoms with E-state index in [-0.39, 0.29) is 0 Å². The van der Waals surface area contributed by atoms with Crippen LogP contribution in [0.3, 0.4) is 0 Å². The lowest BCUT2D eigenvalue weighted by molar-refractivity contribution is -0.131. The van der Waals surface area contributed by atoms with Gasteiger partial charge in [0.1, 0.15) is 0 Å². The van der Waals surface area contributed by atoms with Crippen LogP contribution in [-0.4, -0.2) is 34.1 Å². The van der Waals surface area contributed by atoms with Gasteiger partial charge >= 0.3 is 5.97 Å². The van der Waals surface area contributed by atoms with Gasteiger partial charge in [-0.05, 0) is 18.9 Å². The summed E-state index contributed by atoms with van der Waals surface area (Å²) in [5.41, 5.74) is 1.87. The molecule has 5 heteroatoms. The maximum absolute atomic E-state index is 10.5. The Kier molecular flexibility index (Phi) is 3.58. The van der Waals surface area contributed by atoms with Crippen molar-refractivity contribution in [2.45, 2.75) is 18.8 Å². The van der Waals surface area contributed by atoms with Crippen LogP contribution in [0.5, 0.6) is 0 Å². The molecule has 1 aliphatic rings. The van der Waals surface area contributed by atoms with E-state index in [0.717, 1.165) is 43.4 Å². The topological polar surface area (TPSA) is 64.4 Å². The van der Waals surface area contributed by atoms with E-state index in [1.165, 1.54) is 0 Å². The van der Waals surface area contributed by atoms with E-state index >= 15 is 0 Å². The third kappa shape index (κ3) is 2.94. The lowest BCUT2D eigenvalue weighted by atomic mass is 9.94. The highest BCUT2D eigenvalue weighted by molar-refractivity contribution is 5.85. The molecule has 0 aliphatic carbocycles. The summed E-state index contributed by atoms with van der Waals surface area (Å²) < 4.78 is 7.05. The number of carboxylic acid groups (broad SMARTS) is 1. The number of hydrogen-bond acceptors (Lipinski definition) is 3. The maximum atomic E-state index is 10.5. The van der Waals surface area contributed by atoms with Crippen LogP contribution in [-0.2, 0) is 16.6 Å². The number of aliphatic carboxylic acids is 1. The van der Waals surface area contributed by atoms with Gasteiger partial charge in [-0.1, -0.05) is 0 Å². The second-order valence-electron chi connectivity index (χ2n) is 4.20. The average Bonchev–Trinajstić information content (AvgIpc) is 2.69. The van der Waals surface area contributed by atoms with E-state index in [1.807, 2.05) is 13.2 Å². The first-order chi connectivity index (χ1) is 8.16. The van der Waals surface area contributed by atoms with Gasteiger partial charge in [0.05, 0.1) is 5.69 Å². The van der Waals surface area contributed by atoms with Gasteiger partial charge in [0.25, 0.3) is 0 Å². The first-order valence-electron chi connectivity index (χ1n) is 5.69. The van der Waals surface area contributed by atoms with E-state index in [9.17, 15) is 4.79 Å². The van der Waals surface area contributed by atoms with Crippen LogP contribution in [0.15, 0.2) is 12.3 Å². The Labute approximate surface area is 99.7 Å². The van der Waals surface area contributed by atoms with Crippen molar-refractivity contribution in [2.75, 3.05) is 13.2 Å². The summed E-state index contributed by atoms with van der Waals surface area (Å²) in [5, 5.41) is 13.1. The van der Waals surface area contributed by atoms with Crippen molar-refractivity contribution in [3.05, 3.63) is 23.5 Å². The third-order valence-corrected chi connectivity index (χ3v) is 2.90. The Morgan fingerprint density at radius 3 is 2.94 bits per heavy atom. The number of carboxylic acids is 1. The zero-order chi connectivity index (χ0) is 12.3. The van der Waals surface area contributed by atoms with Crippen LogP contribution < -0.4 is 0 Å². The molecule has 0 radical (unpaired) electrons. The molecule has 1 aromatic rings. The monoisotopic (exact) mass is 236 g/mol. The van der Waals surface area contributed by atoms with Crippen molar-refractivity contribution in [3.8, 4) is 0 Å². The fraction of sp³-hybridized carbons (Fsp3) is 0.500. The minimum absolute atomic E-state index is 0.374. The van der Waals surface area contributed by atoms with Crippen molar-refractivity contribution in [1.29, 1.82) is 0 Å². The molecule has 1 aromatic heterocycles. The minimum atomic E-state index is -0.938. The van der Waals surface area contributed by atoms with Crippen LogP contribution in [0.2, 0.25) is 0 Å². The number of hydrogen-bond donors (Lipinski definition) is 1. The summed E-state index contributed by atoms with van der Waals surface area (Å²) in [7, 11) is 1.85. The molecule has 5 nitrogen and oxygen atoms in total. The van der Waals surface area contributed by atoms with Crippen LogP contribution in [0.1, 0.15) is 30.0 Å². The Morgan fingerprint density at radius 1 is 1.59 bits per heavy atom. The van der Waals surface area contributed by atoms with Crippen LogP contribution in [0, 0.1) is 0 Å². The van der Waals surface area contributed by atoms with Gasteiger partial charge in [-0.3, -0.25) is 4.68 Å². The molecular formula is C12H16N2O3. The lowest BCUT2D eigenvalue weighted by Gasteiger charge is -2.20. The molecule has 0 bridgehead atoms.